The lowest BCUT2D eigenvalue weighted by Crippen LogP contribution is -2.35. The molecule has 112 valence electrons. The third-order valence-corrected chi connectivity index (χ3v) is 3.53. The molecule has 0 saturated heterocycles. The fourth-order valence-electron chi connectivity index (χ4n) is 1.44. The SMILES string of the molecule is CNC(CCSc1ccc(C(F)(F)F)cn1)C(=O)OC. The number of likely N-dealkylation sites (N-methyl/N-ethyl adjacent to an activating group) is 1. The second kappa shape index (κ2) is 7.49. The van der Waals surface area contributed by atoms with Crippen molar-refractivity contribution in [2.45, 2.75) is 23.7 Å². The molecule has 0 radical (unpaired) electrons. The van der Waals surface area contributed by atoms with Crippen molar-refractivity contribution in [2.75, 3.05) is 19.9 Å². The Morgan fingerprint density at radius 3 is 2.65 bits per heavy atom. The van der Waals surface area contributed by atoms with Crippen LogP contribution in [0.15, 0.2) is 23.4 Å². The zero-order valence-electron chi connectivity index (χ0n) is 11.0. The Bertz CT molecular complexity index is 437. The minimum absolute atomic E-state index is 0.367. The minimum Gasteiger partial charge on any atom is -0.468 e. The van der Waals surface area contributed by atoms with Crippen LogP contribution in [-0.2, 0) is 15.7 Å². The van der Waals surface area contributed by atoms with Gasteiger partial charge in [-0.3, -0.25) is 4.79 Å². The highest BCUT2D eigenvalue weighted by atomic mass is 32.2. The highest BCUT2D eigenvalue weighted by Crippen LogP contribution is 2.29. The summed E-state index contributed by atoms with van der Waals surface area (Å²) in [5.74, 6) is 0.173. The number of nitrogens with zero attached hydrogens (tertiary/aromatic N) is 1. The summed E-state index contributed by atoms with van der Waals surface area (Å²) < 4.78 is 41.6. The predicted molar refractivity (Wildman–Crippen MR) is 69.4 cm³/mol. The van der Waals surface area contributed by atoms with Gasteiger partial charge in [-0.2, -0.15) is 13.2 Å². The zero-order valence-corrected chi connectivity index (χ0v) is 11.8. The molecule has 4 nitrogen and oxygen atoms in total. The number of ether oxygens (including phenoxy) is 1. The first-order chi connectivity index (χ1) is 9.38. The third kappa shape index (κ3) is 5.01. The standard InChI is InChI=1S/C12H15F3N2O2S/c1-16-9(11(18)19-2)5-6-20-10-4-3-8(7-17-10)12(13,14)15/h3-4,7,9,16H,5-6H2,1-2H3. The number of thioether (sulfide) groups is 1. The smallest absolute Gasteiger partial charge is 0.417 e. The fourth-order valence-corrected chi connectivity index (χ4v) is 2.29. The van der Waals surface area contributed by atoms with Gasteiger partial charge in [0.1, 0.15) is 6.04 Å². The van der Waals surface area contributed by atoms with Crippen LogP contribution in [0.2, 0.25) is 0 Å². The fraction of sp³-hybridized carbons (Fsp3) is 0.500. The summed E-state index contributed by atoms with van der Waals surface area (Å²) >= 11 is 1.29. The molecule has 1 atom stereocenters. The topological polar surface area (TPSA) is 51.2 Å². The van der Waals surface area contributed by atoms with Gasteiger partial charge in [-0.05, 0) is 25.6 Å². The van der Waals surface area contributed by atoms with E-state index in [4.69, 9.17) is 0 Å². The Labute approximate surface area is 119 Å². The van der Waals surface area contributed by atoms with Crippen molar-refractivity contribution >= 4 is 17.7 Å². The highest BCUT2D eigenvalue weighted by Gasteiger charge is 2.30. The van der Waals surface area contributed by atoms with Gasteiger partial charge in [-0.1, -0.05) is 0 Å². The Kier molecular flexibility index (Phi) is 6.28. The highest BCUT2D eigenvalue weighted by molar-refractivity contribution is 7.99. The van der Waals surface area contributed by atoms with Gasteiger partial charge in [-0.15, -0.1) is 11.8 Å². The molecule has 0 aliphatic heterocycles. The van der Waals surface area contributed by atoms with E-state index in [9.17, 15) is 18.0 Å². The molecule has 1 heterocycles. The van der Waals surface area contributed by atoms with Crippen LogP contribution in [0.4, 0.5) is 13.2 Å². The molecule has 1 N–H and O–H groups in total. The number of hydrogen-bond donors (Lipinski definition) is 1. The normalized spacial score (nSPS) is 13.1. The number of alkyl halides is 3. The van der Waals surface area contributed by atoms with E-state index < -0.39 is 17.8 Å². The van der Waals surface area contributed by atoms with E-state index in [0.717, 1.165) is 12.3 Å². The maximum absolute atomic E-state index is 12.3. The number of aromatic nitrogens is 1. The number of carbonyl (C=O) groups excluding carboxylic acids is 1. The summed E-state index contributed by atoms with van der Waals surface area (Å²) in [5.41, 5.74) is -0.774. The first kappa shape index (κ1) is 16.8. The Morgan fingerprint density at radius 2 is 2.20 bits per heavy atom. The quantitative estimate of drug-likeness (QED) is 0.646. The lowest BCUT2D eigenvalue weighted by molar-refractivity contribution is -0.143. The van der Waals surface area contributed by atoms with Crippen LogP contribution in [0.1, 0.15) is 12.0 Å². The van der Waals surface area contributed by atoms with Crippen LogP contribution in [-0.4, -0.2) is 36.9 Å². The molecule has 0 aliphatic rings. The number of esters is 1. The number of pyridine rings is 1. The van der Waals surface area contributed by atoms with Gasteiger partial charge in [0.25, 0.3) is 0 Å². The first-order valence-corrected chi connectivity index (χ1v) is 6.78. The molecule has 8 heteroatoms. The Balaban J connectivity index is 2.48. The number of methoxy groups -OCH3 is 1. The molecule has 0 aliphatic carbocycles. The summed E-state index contributed by atoms with van der Waals surface area (Å²) in [5, 5.41) is 3.29. The van der Waals surface area contributed by atoms with Gasteiger partial charge >= 0.3 is 12.1 Å². The molecule has 0 bridgehead atoms. The van der Waals surface area contributed by atoms with Crippen molar-refractivity contribution in [3.63, 3.8) is 0 Å². The van der Waals surface area contributed by atoms with Crippen LogP contribution >= 0.6 is 11.8 Å². The Hall–Kier alpha value is -1.28. The average Bonchev–Trinajstić information content (AvgIpc) is 2.42. The summed E-state index contributed by atoms with van der Waals surface area (Å²) in [4.78, 5) is 15.0. The zero-order chi connectivity index (χ0) is 15.2. The van der Waals surface area contributed by atoms with Crippen molar-refractivity contribution in [1.82, 2.24) is 10.3 Å². The van der Waals surface area contributed by atoms with Crippen molar-refractivity contribution in [2.24, 2.45) is 0 Å². The largest absolute Gasteiger partial charge is 0.468 e. The number of rotatable bonds is 6. The van der Waals surface area contributed by atoms with Gasteiger partial charge in [0.15, 0.2) is 0 Å². The minimum atomic E-state index is -4.38. The van der Waals surface area contributed by atoms with Crippen molar-refractivity contribution < 1.29 is 22.7 Å². The molecule has 0 aromatic carbocycles. The average molecular weight is 308 g/mol. The maximum atomic E-state index is 12.3. The molecule has 0 spiro atoms. The van der Waals surface area contributed by atoms with E-state index in [0.29, 0.717) is 17.2 Å². The molecule has 20 heavy (non-hydrogen) atoms. The summed E-state index contributed by atoms with van der Waals surface area (Å²) in [7, 11) is 2.94. The molecular formula is C12H15F3N2O2S. The number of carbonyl (C=O) groups is 1. The van der Waals surface area contributed by atoms with Crippen LogP contribution in [0.5, 0.6) is 0 Å². The van der Waals surface area contributed by atoms with Gasteiger partial charge < -0.3 is 10.1 Å². The van der Waals surface area contributed by atoms with E-state index in [-0.39, 0.29) is 5.97 Å². The van der Waals surface area contributed by atoms with Crippen LogP contribution in [0.25, 0.3) is 0 Å². The van der Waals surface area contributed by atoms with E-state index in [2.05, 4.69) is 15.0 Å². The molecule has 0 amide bonds. The number of hydrogen-bond acceptors (Lipinski definition) is 5. The van der Waals surface area contributed by atoms with Gasteiger partial charge in [0, 0.05) is 11.9 Å². The first-order valence-electron chi connectivity index (χ1n) is 5.79. The third-order valence-electron chi connectivity index (χ3n) is 2.55. The lowest BCUT2D eigenvalue weighted by atomic mass is 10.2. The Morgan fingerprint density at radius 1 is 1.50 bits per heavy atom. The van der Waals surface area contributed by atoms with Gasteiger partial charge in [0.2, 0.25) is 0 Å². The second-order valence-electron chi connectivity index (χ2n) is 3.88. The van der Waals surface area contributed by atoms with Crippen molar-refractivity contribution in [1.29, 1.82) is 0 Å². The molecular weight excluding hydrogens is 293 g/mol. The second-order valence-corrected chi connectivity index (χ2v) is 5.00. The lowest BCUT2D eigenvalue weighted by Gasteiger charge is -2.12. The van der Waals surface area contributed by atoms with Crippen molar-refractivity contribution in [3.8, 4) is 0 Å². The molecule has 0 fully saturated rings. The number of nitrogens with one attached hydrogen (secondary N) is 1. The summed E-state index contributed by atoms with van der Waals surface area (Å²) in [6.45, 7) is 0. The summed E-state index contributed by atoms with van der Waals surface area (Å²) in [6, 6.07) is 1.88. The predicted octanol–water partition coefficient (Wildman–Crippen LogP) is 2.34. The molecule has 0 saturated carbocycles. The molecule has 1 aromatic rings. The molecule has 1 rings (SSSR count). The number of halogens is 3. The van der Waals surface area contributed by atoms with Gasteiger partial charge in [0.05, 0.1) is 17.7 Å². The van der Waals surface area contributed by atoms with Crippen LogP contribution < -0.4 is 5.32 Å². The van der Waals surface area contributed by atoms with E-state index in [1.165, 1.54) is 24.9 Å². The van der Waals surface area contributed by atoms with Crippen LogP contribution in [0.3, 0.4) is 0 Å². The molecule has 1 unspecified atom stereocenters. The van der Waals surface area contributed by atoms with E-state index in [1.807, 2.05) is 0 Å². The van der Waals surface area contributed by atoms with Gasteiger partial charge in [-0.25, -0.2) is 4.98 Å². The molecule has 1 aromatic heterocycles. The monoisotopic (exact) mass is 308 g/mol. The summed E-state index contributed by atoms with van der Waals surface area (Å²) in [6.07, 6.45) is -3.08. The van der Waals surface area contributed by atoms with Crippen LogP contribution in [0, 0.1) is 0 Å². The maximum Gasteiger partial charge on any atom is 0.417 e. The van der Waals surface area contributed by atoms with Crippen molar-refractivity contribution in [3.05, 3.63) is 23.9 Å². The van der Waals surface area contributed by atoms with E-state index >= 15 is 0 Å². The van der Waals surface area contributed by atoms with E-state index in [1.54, 1.807) is 7.05 Å².